The van der Waals surface area contributed by atoms with E-state index in [2.05, 4.69) is 11.7 Å². The van der Waals surface area contributed by atoms with Crippen LogP contribution in [0.15, 0.2) is 114 Å². The summed E-state index contributed by atoms with van der Waals surface area (Å²) >= 11 is 0. The summed E-state index contributed by atoms with van der Waals surface area (Å²) in [6.07, 6.45) is -0.545. The lowest BCUT2D eigenvalue weighted by Crippen LogP contribution is -2.43. The van der Waals surface area contributed by atoms with Crippen molar-refractivity contribution in [2.45, 2.75) is 56.3 Å². The van der Waals surface area contributed by atoms with E-state index in [1.165, 1.54) is 49.0 Å². The summed E-state index contributed by atoms with van der Waals surface area (Å²) in [6.45, 7) is 2.15. The lowest BCUT2D eigenvalue weighted by molar-refractivity contribution is -0.274. The molecule has 1 N–H and O–H groups in total. The lowest BCUT2D eigenvalue weighted by Gasteiger charge is -2.24. The van der Waals surface area contributed by atoms with Gasteiger partial charge in [0, 0.05) is 18.2 Å². The van der Waals surface area contributed by atoms with Crippen LogP contribution in [0.25, 0.3) is 28.2 Å². The van der Waals surface area contributed by atoms with Crippen molar-refractivity contribution in [1.29, 1.82) is 0 Å². The normalized spacial score (nSPS) is 12.6. The van der Waals surface area contributed by atoms with Gasteiger partial charge in [-0.2, -0.15) is 9.40 Å². The first-order valence-electron chi connectivity index (χ1n) is 15.8. The Labute approximate surface area is 283 Å². The van der Waals surface area contributed by atoms with Gasteiger partial charge in [0.1, 0.15) is 11.8 Å². The highest BCUT2D eigenvalue weighted by Gasteiger charge is 2.33. The molecule has 0 fully saturated rings. The Morgan fingerprint density at radius 1 is 0.878 bits per heavy atom. The first-order valence-corrected chi connectivity index (χ1v) is 17.2. The number of hydrogen-bond donors (Lipinski definition) is 1. The van der Waals surface area contributed by atoms with Gasteiger partial charge in [-0.15, -0.1) is 13.2 Å². The Balaban J connectivity index is 1.47. The van der Waals surface area contributed by atoms with Crippen LogP contribution >= 0.6 is 0 Å². The quantitative estimate of drug-likeness (QED) is 0.118. The van der Waals surface area contributed by atoms with Crippen molar-refractivity contribution in [2.24, 2.45) is 0 Å². The summed E-state index contributed by atoms with van der Waals surface area (Å²) in [5, 5.41) is 14.7. The van der Waals surface area contributed by atoms with Crippen LogP contribution in [0.4, 0.5) is 13.2 Å². The third kappa shape index (κ3) is 8.76. The summed E-state index contributed by atoms with van der Waals surface area (Å²) in [6, 6.07) is 28.7. The van der Waals surface area contributed by atoms with Gasteiger partial charge in [0.15, 0.2) is 0 Å². The van der Waals surface area contributed by atoms with Crippen molar-refractivity contribution in [3.8, 4) is 34.0 Å². The SMILES string of the molecule is CCCCCc1ccc(-c2cc(-c3ccc(OC(F)(F)F)cc3)nn2-c2ccc(S(=O)(=O)N(C)C(Cc3ccccc3)C(=O)O)cc2)cc1. The first-order chi connectivity index (χ1) is 23.4. The number of carboxylic acid groups (broad SMARTS) is 1. The largest absolute Gasteiger partial charge is 0.573 e. The second-order valence-electron chi connectivity index (χ2n) is 11.6. The van der Waals surface area contributed by atoms with E-state index in [4.69, 9.17) is 5.10 Å². The molecule has 1 aromatic heterocycles. The predicted octanol–water partition coefficient (Wildman–Crippen LogP) is 8.15. The Hall–Kier alpha value is -4.94. The molecule has 1 atom stereocenters. The van der Waals surface area contributed by atoms with Crippen molar-refractivity contribution in [1.82, 2.24) is 14.1 Å². The molecule has 5 rings (SSSR count). The number of nitrogens with zero attached hydrogens (tertiary/aromatic N) is 3. The summed E-state index contributed by atoms with van der Waals surface area (Å²) in [7, 11) is -2.95. The maximum atomic E-state index is 13.6. The fraction of sp³-hybridized carbons (Fsp3) is 0.243. The van der Waals surface area contributed by atoms with E-state index in [1.54, 1.807) is 47.1 Å². The molecule has 4 aromatic carbocycles. The van der Waals surface area contributed by atoms with E-state index in [0.29, 0.717) is 28.2 Å². The van der Waals surface area contributed by atoms with Crippen LogP contribution in [-0.2, 0) is 27.7 Å². The van der Waals surface area contributed by atoms with Crippen LogP contribution in [0.5, 0.6) is 5.75 Å². The van der Waals surface area contributed by atoms with Crippen molar-refractivity contribution < 1.29 is 36.2 Å². The molecule has 0 aliphatic heterocycles. The van der Waals surface area contributed by atoms with Gasteiger partial charge in [-0.3, -0.25) is 4.79 Å². The van der Waals surface area contributed by atoms with E-state index >= 15 is 0 Å². The smallest absolute Gasteiger partial charge is 0.480 e. The third-order valence-corrected chi connectivity index (χ3v) is 10.0. The number of benzene rings is 4. The van der Waals surface area contributed by atoms with Gasteiger partial charge in [-0.25, -0.2) is 13.1 Å². The molecule has 0 amide bonds. The van der Waals surface area contributed by atoms with Gasteiger partial charge >= 0.3 is 12.3 Å². The maximum Gasteiger partial charge on any atom is 0.573 e. The zero-order chi connectivity index (χ0) is 35.2. The molecule has 256 valence electrons. The lowest BCUT2D eigenvalue weighted by atomic mass is 10.0. The molecule has 0 radical (unpaired) electrons. The van der Waals surface area contributed by atoms with Crippen LogP contribution in [0, 0.1) is 0 Å². The van der Waals surface area contributed by atoms with Gasteiger partial charge in [0.2, 0.25) is 10.0 Å². The second kappa shape index (κ2) is 15.1. The highest BCUT2D eigenvalue weighted by Crippen LogP contribution is 2.32. The minimum Gasteiger partial charge on any atom is -0.480 e. The number of hydrogen-bond acceptors (Lipinski definition) is 5. The van der Waals surface area contributed by atoms with Crippen molar-refractivity contribution in [2.75, 3.05) is 7.05 Å². The van der Waals surface area contributed by atoms with Gasteiger partial charge in [0.25, 0.3) is 0 Å². The Morgan fingerprint density at radius 3 is 2.10 bits per heavy atom. The number of likely N-dealkylation sites (N-methyl/N-ethyl adjacent to an activating group) is 1. The van der Waals surface area contributed by atoms with E-state index in [9.17, 15) is 31.5 Å². The average molecular weight is 692 g/mol. The van der Waals surface area contributed by atoms with Gasteiger partial charge in [-0.05, 0) is 85.0 Å². The zero-order valence-corrected chi connectivity index (χ0v) is 27.8. The number of unbranched alkanes of at least 4 members (excludes halogenated alkanes) is 2. The van der Waals surface area contributed by atoms with Crippen LogP contribution in [0.3, 0.4) is 0 Å². The molecule has 1 unspecified atom stereocenters. The monoisotopic (exact) mass is 691 g/mol. The number of aromatic nitrogens is 2. The molecule has 12 heteroatoms. The Morgan fingerprint density at radius 2 is 1.51 bits per heavy atom. The highest BCUT2D eigenvalue weighted by molar-refractivity contribution is 7.89. The van der Waals surface area contributed by atoms with Crippen LogP contribution < -0.4 is 4.74 Å². The fourth-order valence-corrected chi connectivity index (χ4v) is 6.79. The number of aryl methyl sites for hydroxylation is 1. The molecule has 0 aliphatic rings. The zero-order valence-electron chi connectivity index (χ0n) is 27.0. The summed E-state index contributed by atoms with van der Waals surface area (Å²) < 4.78 is 71.8. The molecule has 49 heavy (non-hydrogen) atoms. The maximum absolute atomic E-state index is 13.6. The molecule has 0 aliphatic carbocycles. The summed E-state index contributed by atoms with van der Waals surface area (Å²) in [5.41, 5.74) is 4.92. The minimum absolute atomic E-state index is 0.00981. The number of sulfonamides is 1. The Kier molecular flexibility index (Phi) is 10.9. The van der Waals surface area contributed by atoms with Crippen molar-refractivity contribution in [3.63, 3.8) is 0 Å². The molecular formula is C37H36F3N3O5S. The molecule has 0 bridgehead atoms. The average Bonchev–Trinajstić information content (AvgIpc) is 3.53. The summed E-state index contributed by atoms with van der Waals surface area (Å²) in [5.74, 6) is -1.63. The topological polar surface area (TPSA) is 102 Å². The Bertz CT molecular complexity index is 1960. The highest BCUT2D eigenvalue weighted by atomic mass is 32.2. The molecular weight excluding hydrogens is 655 g/mol. The number of alkyl halides is 3. The fourth-order valence-electron chi connectivity index (χ4n) is 5.48. The standard InChI is InChI=1S/C37H36F3N3O5S/c1-3-4-6-9-26-12-14-29(15-13-26)34-25-33(28-16-20-31(21-17-28)48-37(38,39)40)41-43(34)30-18-22-32(23-19-30)49(46,47)42(2)35(36(44)45)24-27-10-7-5-8-11-27/h5,7-8,10-23,25,35H,3-4,6,9,24H2,1-2H3,(H,44,45). The number of ether oxygens (including phenoxy) is 1. The van der Waals surface area contributed by atoms with Crippen LogP contribution in [-0.4, -0.2) is 53.0 Å². The van der Waals surface area contributed by atoms with Gasteiger partial charge in [0.05, 0.1) is 22.0 Å². The van der Waals surface area contributed by atoms with E-state index in [0.717, 1.165) is 35.6 Å². The van der Waals surface area contributed by atoms with E-state index in [-0.39, 0.29) is 17.1 Å². The summed E-state index contributed by atoms with van der Waals surface area (Å²) in [4.78, 5) is 12.1. The number of rotatable bonds is 14. The minimum atomic E-state index is -4.82. The molecule has 5 aromatic rings. The first kappa shape index (κ1) is 35.4. The second-order valence-corrected chi connectivity index (χ2v) is 13.6. The number of carboxylic acids is 1. The number of aliphatic carboxylic acids is 1. The van der Waals surface area contributed by atoms with Crippen molar-refractivity contribution >= 4 is 16.0 Å². The van der Waals surface area contributed by atoms with Gasteiger partial charge in [-0.1, -0.05) is 74.4 Å². The van der Waals surface area contributed by atoms with E-state index in [1.807, 2.05) is 30.3 Å². The number of halogens is 3. The molecule has 0 saturated heterocycles. The van der Waals surface area contributed by atoms with Crippen molar-refractivity contribution in [3.05, 3.63) is 120 Å². The van der Waals surface area contributed by atoms with Crippen LogP contribution in [0.2, 0.25) is 0 Å². The molecule has 8 nitrogen and oxygen atoms in total. The molecule has 1 heterocycles. The van der Waals surface area contributed by atoms with Crippen LogP contribution in [0.1, 0.15) is 37.3 Å². The number of carbonyl (C=O) groups is 1. The van der Waals surface area contributed by atoms with E-state index < -0.39 is 28.4 Å². The van der Waals surface area contributed by atoms with Gasteiger partial charge < -0.3 is 9.84 Å². The third-order valence-electron chi connectivity index (χ3n) is 8.17. The molecule has 0 spiro atoms. The predicted molar refractivity (Wildman–Crippen MR) is 181 cm³/mol. The molecule has 0 saturated carbocycles.